The number of nitrogens with zero attached hydrogens (tertiary/aromatic N) is 2. The van der Waals surface area contributed by atoms with Crippen molar-refractivity contribution in [1.82, 2.24) is 4.67 Å². The maximum absolute atomic E-state index is 8.83. The molecule has 1 aliphatic rings. The lowest BCUT2D eigenvalue weighted by molar-refractivity contribution is 0.107. The molecule has 1 rings (SSSR count). The van der Waals surface area contributed by atoms with Crippen molar-refractivity contribution in [2.75, 3.05) is 12.4 Å². The SMILES string of the molecule is CC(C)N(C(C)C)P(OCCC#N)OC1CCCCSSC1(C)C. The second kappa shape index (κ2) is 11.3. The van der Waals surface area contributed by atoms with Crippen molar-refractivity contribution in [3.63, 3.8) is 0 Å². The second-order valence-corrected chi connectivity index (χ2v) is 11.6. The molecule has 1 saturated heterocycles. The van der Waals surface area contributed by atoms with Crippen LogP contribution in [0.15, 0.2) is 0 Å². The first-order chi connectivity index (χ1) is 11.3. The van der Waals surface area contributed by atoms with Gasteiger partial charge in [0.2, 0.25) is 0 Å². The molecular weight excluding hydrogens is 359 g/mol. The van der Waals surface area contributed by atoms with Crippen LogP contribution in [0.1, 0.15) is 67.2 Å². The predicted molar refractivity (Wildman–Crippen MR) is 108 cm³/mol. The molecule has 1 heterocycles. The van der Waals surface area contributed by atoms with E-state index in [1.807, 2.05) is 21.6 Å². The maximum Gasteiger partial charge on any atom is 0.259 e. The standard InChI is InChI=1S/C17H33N2O2PS2/c1-14(2)19(15(3)4)22(20-12-9-11-18)21-16-10-7-8-13-23-24-17(16,5)6/h14-16H,7-10,12-13H2,1-6H3. The van der Waals surface area contributed by atoms with E-state index >= 15 is 0 Å². The Kier molecular flexibility index (Phi) is 10.6. The minimum absolute atomic E-state index is 0.0594. The Morgan fingerprint density at radius 2 is 1.92 bits per heavy atom. The molecule has 1 fully saturated rings. The lowest BCUT2D eigenvalue weighted by Gasteiger charge is -2.41. The van der Waals surface area contributed by atoms with Crippen LogP contribution in [0.2, 0.25) is 0 Å². The molecule has 0 radical (unpaired) electrons. The average molecular weight is 393 g/mol. The van der Waals surface area contributed by atoms with Gasteiger partial charge in [-0.15, -0.1) is 0 Å². The molecule has 140 valence electrons. The van der Waals surface area contributed by atoms with Crippen LogP contribution < -0.4 is 0 Å². The van der Waals surface area contributed by atoms with Gasteiger partial charge in [-0.1, -0.05) is 21.6 Å². The Morgan fingerprint density at radius 1 is 1.25 bits per heavy atom. The van der Waals surface area contributed by atoms with Crippen LogP contribution in [0.5, 0.6) is 0 Å². The van der Waals surface area contributed by atoms with Crippen LogP contribution >= 0.6 is 30.1 Å². The van der Waals surface area contributed by atoms with Crippen LogP contribution in [0.25, 0.3) is 0 Å². The van der Waals surface area contributed by atoms with Gasteiger partial charge in [0, 0.05) is 22.6 Å². The Labute approximate surface area is 157 Å². The fourth-order valence-electron chi connectivity index (χ4n) is 2.67. The molecule has 1 aliphatic heterocycles. The molecule has 0 aliphatic carbocycles. The first-order valence-corrected chi connectivity index (χ1v) is 12.3. The normalized spacial score (nSPS) is 23.1. The topological polar surface area (TPSA) is 45.5 Å². The summed E-state index contributed by atoms with van der Waals surface area (Å²) in [7, 11) is 2.74. The molecule has 24 heavy (non-hydrogen) atoms. The summed E-state index contributed by atoms with van der Waals surface area (Å²) in [4.78, 5) is 0. The minimum Gasteiger partial charge on any atom is -0.321 e. The Balaban J connectivity index is 2.89. The second-order valence-electron chi connectivity index (χ2n) is 7.15. The van der Waals surface area contributed by atoms with Crippen molar-refractivity contribution in [2.45, 2.75) is 90.2 Å². The Hall–Kier alpha value is 0.500. The predicted octanol–water partition coefficient (Wildman–Crippen LogP) is 5.99. The van der Waals surface area contributed by atoms with E-state index < -0.39 is 8.53 Å². The van der Waals surface area contributed by atoms with Crippen LogP contribution in [0, 0.1) is 11.3 Å². The summed E-state index contributed by atoms with van der Waals surface area (Å²) in [6.45, 7) is 13.7. The molecular formula is C17H33N2O2PS2. The molecule has 0 amide bonds. The van der Waals surface area contributed by atoms with Crippen LogP contribution in [0.3, 0.4) is 0 Å². The fourth-order valence-corrected chi connectivity index (χ4v) is 7.45. The average Bonchev–Trinajstić information content (AvgIpc) is 2.46. The molecule has 0 N–H and O–H groups in total. The zero-order valence-corrected chi connectivity index (χ0v) is 18.5. The third-order valence-electron chi connectivity index (χ3n) is 3.87. The molecule has 0 saturated carbocycles. The van der Waals surface area contributed by atoms with E-state index in [0.29, 0.717) is 25.1 Å². The van der Waals surface area contributed by atoms with E-state index in [1.54, 1.807) is 0 Å². The zero-order chi connectivity index (χ0) is 18.2. The summed E-state index contributed by atoms with van der Waals surface area (Å²) < 4.78 is 15.0. The van der Waals surface area contributed by atoms with Crippen molar-refractivity contribution in [3.8, 4) is 6.07 Å². The van der Waals surface area contributed by atoms with E-state index in [9.17, 15) is 0 Å². The summed E-state index contributed by atoms with van der Waals surface area (Å²) in [5.41, 5.74) is 0. The van der Waals surface area contributed by atoms with Gasteiger partial charge < -0.3 is 9.05 Å². The third-order valence-corrected chi connectivity index (χ3v) is 9.42. The Morgan fingerprint density at radius 3 is 2.50 bits per heavy atom. The van der Waals surface area contributed by atoms with Crippen LogP contribution in [-0.2, 0) is 9.05 Å². The summed E-state index contributed by atoms with van der Waals surface area (Å²) in [5.74, 6) is 1.22. The van der Waals surface area contributed by atoms with Gasteiger partial charge in [0.05, 0.1) is 25.2 Å². The summed E-state index contributed by atoms with van der Waals surface area (Å²) in [5, 5.41) is 8.83. The van der Waals surface area contributed by atoms with Gasteiger partial charge in [-0.25, -0.2) is 4.67 Å². The smallest absolute Gasteiger partial charge is 0.259 e. The molecule has 4 nitrogen and oxygen atoms in total. The van der Waals surface area contributed by atoms with E-state index in [4.69, 9.17) is 14.3 Å². The van der Waals surface area contributed by atoms with Crippen molar-refractivity contribution in [1.29, 1.82) is 5.26 Å². The highest BCUT2D eigenvalue weighted by Gasteiger charge is 2.37. The van der Waals surface area contributed by atoms with Crippen molar-refractivity contribution < 1.29 is 9.05 Å². The molecule has 2 atom stereocenters. The van der Waals surface area contributed by atoms with Gasteiger partial charge in [0.15, 0.2) is 0 Å². The fraction of sp³-hybridized carbons (Fsp3) is 0.941. The zero-order valence-electron chi connectivity index (χ0n) is 15.9. The lowest BCUT2D eigenvalue weighted by atomic mass is 10.0. The van der Waals surface area contributed by atoms with E-state index in [2.05, 4.69) is 52.3 Å². The molecule has 0 spiro atoms. The summed E-state index contributed by atoms with van der Waals surface area (Å²) in [6.07, 6.45) is 4.10. The van der Waals surface area contributed by atoms with Gasteiger partial charge in [-0.3, -0.25) is 0 Å². The van der Waals surface area contributed by atoms with E-state index in [1.165, 1.54) is 18.6 Å². The third kappa shape index (κ3) is 7.40. The molecule has 0 aromatic rings. The molecule has 0 aromatic carbocycles. The highest BCUT2D eigenvalue weighted by molar-refractivity contribution is 8.77. The van der Waals surface area contributed by atoms with Gasteiger partial charge in [-0.05, 0) is 60.8 Å². The largest absolute Gasteiger partial charge is 0.321 e. The van der Waals surface area contributed by atoms with E-state index in [0.717, 1.165) is 6.42 Å². The van der Waals surface area contributed by atoms with Crippen LogP contribution in [0.4, 0.5) is 0 Å². The quantitative estimate of drug-likeness (QED) is 0.287. The number of nitriles is 1. The lowest BCUT2D eigenvalue weighted by Crippen LogP contribution is -2.39. The summed E-state index contributed by atoms with van der Waals surface area (Å²) >= 11 is 0. The van der Waals surface area contributed by atoms with Crippen molar-refractivity contribution in [2.24, 2.45) is 0 Å². The molecule has 2 unspecified atom stereocenters. The van der Waals surface area contributed by atoms with Gasteiger partial charge in [0.25, 0.3) is 8.53 Å². The number of hydrogen-bond acceptors (Lipinski definition) is 6. The van der Waals surface area contributed by atoms with E-state index in [-0.39, 0.29) is 10.9 Å². The highest BCUT2D eigenvalue weighted by atomic mass is 33.1. The molecule has 0 bridgehead atoms. The first kappa shape index (κ1) is 22.5. The van der Waals surface area contributed by atoms with Crippen molar-refractivity contribution in [3.05, 3.63) is 0 Å². The molecule has 0 aromatic heterocycles. The highest BCUT2D eigenvalue weighted by Crippen LogP contribution is 2.52. The minimum atomic E-state index is -1.16. The Bertz CT molecular complexity index is 395. The monoisotopic (exact) mass is 392 g/mol. The van der Waals surface area contributed by atoms with Gasteiger partial charge in [-0.2, -0.15) is 5.26 Å². The van der Waals surface area contributed by atoms with Crippen LogP contribution in [-0.4, -0.2) is 40.0 Å². The van der Waals surface area contributed by atoms with Gasteiger partial charge in [0.1, 0.15) is 0 Å². The maximum atomic E-state index is 8.83. The first-order valence-electron chi connectivity index (χ1n) is 8.85. The number of rotatable bonds is 8. The van der Waals surface area contributed by atoms with Gasteiger partial charge >= 0.3 is 0 Å². The molecule has 7 heteroatoms. The number of hydrogen-bond donors (Lipinski definition) is 0. The van der Waals surface area contributed by atoms with Crippen molar-refractivity contribution >= 4 is 30.1 Å². The summed E-state index contributed by atoms with van der Waals surface area (Å²) in [6, 6.07) is 2.85.